The molecule has 9 nitrogen and oxygen atoms in total. The third-order valence-corrected chi connectivity index (χ3v) is 5.38. The zero-order valence-electron chi connectivity index (χ0n) is 16.9. The van der Waals surface area contributed by atoms with Crippen molar-refractivity contribution in [2.24, 2.45) is 7.05 Å². The van der Waals surface area contributed by atoms with Crippen LogP contribution < -0.4 is 21.3 Å². The number of H-pyrrole nitrogens is 1. The molecule has 3 heterocycles. The van der Waals surface area contributed by atoms with Crippen molar-refractivity contribution < 1.29 is 4.74 Å². The van der Waals surface area contributed by atoms with Crippen LogP contribution in [0.15, 0.2) is 33.9 Å². The Balaban J connectivity index is 1.60. The van der Waals surface area contributed by atoms with Crippen LogP contribution in [-0.4, -0.2) is 37.2 Å². The quantitative estimate of drug-likeness (QED) is 0.484. The maximum atomic E-state index is 12.4. The van der Waals surface area contributed by atoms with Crippen molar-refractivity contribution in [2.45, 2.75) is 26.8 Å². The molecule has 0 spiro atoms. The van der Waals surface area contributed by atoms with Crippen LogP contribution in [0.5, 0.6) is 5.75 Å². The molecule has 0 saturated carbocycles. The van der Waals surface area contributed by atoms with Gasteiger partial charge in [-0.05, 0) is 44.5 Å². The third-order valence-electron chi connectivity index (χ3n) is 5.38. The first kappa shape index (κ1) is 18.9. The number of ether oxygens (including phenoxy) is 1. The van der Waals surface area contributed by atoms with Crippen molar-refractivity contribution in [3.05, 3.63) is 56.5 Å². The third kappa shape index (κ3) is 3.08. The Hall–Kier alpha value is -3.49. The molecule has 0 fully saturated rings. The summed E-state index contributed by atoms with van der Waals surface area (Å²) in [5.41, 5.74) is 2.93. The Bertz CT molecular complexity index is 1310. The van der Waals surface area contributed by atoms with Gasteiger partial charge in [0.2, 0.25) is 5.78 Å². The van der Waals surface area contributed by atoms with Crippen LogP contribution in [0.3, 0.4) is 0 Å². The molecule has 0 aliphatic heterocycles. The van der Waals surface area contributed by atoms with E-state index in [0.717, 1.165) is 42.3 Å². The summed E-state index contributed by atoms with van der Waals surface area (Å²) >= 11 is 0. The van der Waals surface area contributed by atoms with Gasteiger partial charge in [0.1, 0.15) is 5.75 Å². The highest BCUT2D eigenvalue weighted by Crippen LogP contribution is 2.21. The van der Waals surface area contributed by atoms with E-state index in [4.69, 9.17) is 4.74 Å². The van der Waals surface area contributed by atoms with E-state index >= 15 is 0 Å². The number of imidazole rings is 2. The molecule has 152 valence electrons. The molecule has 0 amide bonds. The van der Waals surface area contributed by atoms with E-state index in [-0.39, 0.29) is 0 Å². The fourth-order valence-electron chi connectivity index (χ4n) is 3.62. The van der Waals surface area contributed by atoms with Crippen molar-refractivity contribution in [1.29, 1.82) is 0 Å². The Labute approximate surface area is 166 Å². The van der Waals surface area contributed by atoms with Gasteiger partial charge in [0.25, 0.3) is 5.56 Å². The topological polar surface area (TPSA) is 98.4 Å². The Morgan fingerprint density at radius 1 is 1.14 bits per heavy atom. The Morgan fingerprint density at radius 2 is 1.86 bits per heavy atom. The molecule has 29 heavy (non-hydrogen) atoms. The number of hydrogen-bond acceptors (Lipinski definition) is 5. The highest BCUT2D eigenvalue weighted by molar-refractivity contribution is 5.76. The maximum absolute atomic E-state index is 12.4. The average Bonchev–Trinajstić information content (AvgIpc) is 3.21. The van der Waals surface area contributed by atoms with Crippen molar-refractivity contribution >= 4 is 22.6 Å². The van der Waals surface area contributed by atoms with E-state index in [0.29, 0.717) is 16.9 Å². The highest BCUT2D eigenvalue weighted by atomic mass is 16.5. The van der Waals surface area contributed by atoms with Crippen molar-refractivity contribution in [1.82, 2.24) is 23.5 Å². The van der Waals surface area contributed by atoms with Gasteiger partial charge in [-0.15, -0.1) is 0 Å². The average molecular weight is 396 g/mol. The number of hydrogen-bond donors (Lipinski definition) is 2. The van der Waals surface area contributed by atoms with Crippen molar-refractivity contribution in [3.63, 3.8) is 0 Å². The highest BCUT2D eigenvalue weighted by Gasteiger charge is 2.20. The first-order valence-electron chi connectivity index (χ1n) is 9.47. The van der Waals surface area contributed by atoms with E-state index < -0.39 is 11.2 Å². The smallest absolute Gasteiger partial charge is 0.329 e. The summed E-state index contributed by atoms with van der Waals surface area (Å²) in [4.78, 5) is 31.3. The van der Waals surface area contributed by atoms with Crippen LogP contribution >= 0.6 is 0 Å². The van der Waals surface area contributed by atoms with Gasteiger partial charge >= 0.3 is 5.69 Å². The van der Waals surface area contributed by atoms with E-state index in [1.165, 1.54) is 4.57 Å². The largest absolute Gasteiger partial charge is 0.497 e. The number of rotatable bonds is 6. The minimum atomic E-state index is -0.465. The van der Waals surface area contributed by atoms with Gasteiger partial charge in [-0.2, -0.15) is 4.98 Å². The monoisotopic (exact) mass is 396 g/mol. The zero-order chi connectivity index (χ0) is 20.7. The number of benzene rings is 1. The van der Waals surface area contributed by atoms with Crippen molar-refractivity contribution in [3.8, 4) is 5.75 Å². The molecule has 4 aromatic rings. The summed E-state index contributed by atoms with van der Waals surface area (Å²) in [6, 6.07) is 7.80. The van der Waals surface area contributed by atoms with Crippen molar-refractivity contribution in [2.75, 3.05) is 19.0 Å². The van der Waals surface area contributed by atoms with E-state index in [9.17, 15) is 9.59 Å². The summed E-state index contributed by atoms with van der Waals surface area (Å²) in [7, 11) is 3.26. The molecule has 4 rings (SSSR count). The van der Waals surface area contributed by atoms with Gasteiger partial charge in [0, 0.05) is 37.2 Å². The molecule has 0 bridgehead atoms. The molecule has 0 atom stereocenters. The van der Waals surface area contributed by atoms with Crippen LogP contribution in [0.25, 0.3) is 16.9 Å². The van der Waals surface area contributed by atoms with Crippen LogP contribution in [0, 0.1) is 13.8 Å². The summed E-state index contributed by atoms with van der Waals surface area (Å²) in [6.45, 7) is 5.50. The second-order valence-electron chi connectivity index (χ2n) is 7.07. The molecule has 9 heteroatoms. The fraction of sp³-hybridized carbons (Fsp3) is 0.350. The lowest BCUT2D eigenvalue weighted by molar-refractivity contribution is 0.415. The molecule has 0 aliphatic rings. The lowest BCUT2D eigenvalue weighted by Gasteiger charge is -2.09. The number of fused-ring (bicyclic) bond motifs is 3. The summed E-state index contributed by atoms with van der Waals surface area (Å²) in [6.07, 6.45) is 0.870. The maximum Gasteiger partial charge on any atom is 0.329 e. The van der Waals surface area contributed by atoms with Gasteiger partial charge in [-0.3, -0.25) is 18.7 Å². The molecule has 0 saturated heterocycles. The van der Waals surface area contributed by atoms with Gasteiger partial charge < -0.3 is 14.6 Å². The van der Waals surface area contributed by atoms with Crippen LogP contribution in [0.1, 0.15) is 17.8 Å². The zero-order valence-corrected chi connectivity index (χ0v) is 16.9. The number of nitrogens with one attached hydrogen (secondary N) is 2. The number of aromatic amines is 1. The lowest BCUT2D eigenvalue weighted by Crippen LogP contribution is -2.28. The van der Waals surface area contributed by atoms with Gasteiger partial charge in [0.15, 0.2) is 11.2 Å². The molecule has 3 aromatic heterocycles. The predicted octanol–water partition coefficient (Wildman–Crippen LogP) is 1.80. The van der Waals surface area contributed by atoms with E-state index in [1.54, 1.807) is 14.2 Å². The van der Waals surface area contributed by atoms with Crippen LogP contribution in [0.2, 0.25) is 0 Å². The van der Waals surface area contributed by atoms with E-state index in [1.807, 2.05) is 42.5 Å². The molecule has 0 aliphatic carbocycles. The fourth-order valence-corrected chi connectivity index (χ4v) is 3.62. The van der Waals surface area contributed by atoms with Gasteiger partial charge in [-0.25, -0.2) is 4.79 Å². The summed E-state index contributed by atoms with van der Waals surface area (Å²) < 4.78 is 10.5. The minimum absolute atomic E-state index is 0.391. The minimum Gasteiger partial charge on any atom is -0.497 e. The summed E-state index contributed by atoms with van der Waals surface area (Å²) in [5.74, 6) is 1.50. The Morgan fingerprint density at radius 3 is 2.55 bits per heavy atom. The van der Waals surface area contributed by atoms with Gasteiger partial charge in [-0.1, -0.05) is 0 Å². The van der Waals surface area contributed by atoms with Gasteiger partial charge in [0.05, 0.1) is 7.11 Å². The molecule has 2 N–H and O–H groups in total. The first-order chi connectivity index (χ1) is 13.9. The number of aromatic nitrogens is 5. The molecular weight excluding hydrogens is 372 g/mol. The number of methoxy groups -OCH3 is 1. The second-order valence-corrected chi connectivity index (χ2v) is 7.07. The second kappa shape index (κ2) is 7.16. The predicted molar refractivity (Wildman–Crippen MR) is 112 cm³/mol. The van der Waals surface area contributed by atoms with E-state index in [2.05, 4.69) is 19.9 Å². The molecule has 0 unspecified atom stereocenters. The Kier molecular flexibility index (Phi) is 4.65. The normalized spacial score (nSPS) is 11.4. The SMILES string of the molecule is COc1ccc(NCCCn2c(C)c(C)n3c4c(=O)[nH]c(=O)n(C)c4nc23)cc1. The van der Waals surface area contributed by atoms with Crippen LogP contribution in [-0.2, 0) is 13.6 Å². The molecule has 1 aromatic carbocycles. The lowest BCUT2D eigenvalue weighted by atomic mass is 10.3. The van der Waals surface area contributed by atoms with Crippen LogP contribution in [0.4, 0.5) is 5.69 Å². The number of nitrogens with zero attached hydrogens (tertiary/aromatic N) is 4. The standard InChI is InChI=1S/C20H24N6O3/c1-12-13(2)26-16-17(24(3)20(28)23-18(16)27)22-19(26)25(12)11-5-10-21-14-6-8-15(29-4)9-7-14/h6-9,21H,5,10-11H2,1-4H3,(H,23,27,28). The molecule has 0 radical (unpaired) electrons. The number of aryl methyl sites for hydroxylation is 3. The molecular formula is C20H24N6O3. The first-order valence-corrected chi connectivity index (χ1v) is 9.47. The number of anilines is 1. The summed E-state index contributed by atoms with van der Waals surface area (Å²) in [5, 5.41) is 3.40.